The molecular formula is C12H14N2O4S. The first kappa shape index (κ1) is 13.7. The van der Waals surface area contributed by atoms with Crippen LogP contribution in [0.25, 0.3) is 0 Å². The summed E-state index contributed by atoms with van der Waals surface area (Å²) in [5.41, 5.74) is 0. The van der Waals surface area contributed by atoms with Gasteiger partial charge in [0.05, 0.1) is 0 Å². The van der Waals surface area contributed by atoms with Crippen molar-refractivity contribution >= 4 is 29.1 Å². The summed E-state index contributed by atoms with van der Waals surface area (Å²) >= 11 is 1.53. The van der Waals surface area contributed by atoms with Crippen LogP contribution in [0.1, 0.15) is 17.7 Å². The molecule has 1 aromatic heterocycles. The summed E-state index contributed by atoms with van der Waals surface area (Å²) in [6.07, 6.45) is 0.658. The summed E-state index contributed by atoms with van der Waals surface area (Å²) in [6.45, 7) is 0. The Kier molecular flexibility index (Phi) is 4.28. The lowest BCUT2D eigenvalue weighted by molar-refractivity contribution is -0.198. The van der Waals surface area contributed by atoms with E-state index in [1.807, 2.05) is 17.5 Å². The Morgan fingerprint density at radius 3 is 2.68 bits per heavy atom. The van der Waals surface area contributed by atoms with Crippen molar-refractivity contribution in [2.24, 2.45) is 0 Å². The van der Waals surface area contributed by atoms with E-state index < -0.39 is 23.8 Å². The maximum absolute atomic E-state index is 11.9. The Hall–Kier alpha value is -1.73. The molecule has 1 saturated heterocycles. The van der Waals surface area contributed by atoms with Crippen molar-refractivity contribution in [3.8, 4) is 0 Å². The second kappa shape index (κ2) is 5.94. The van der Waals surface area contributed by atoms with Crippen LogP contribution < -0.4 is 5.32 Å². The maximum atomic E-state index is 11.9. The lowest BCUT2D eigenvalue weighted by atomic mass is 10.2. The quantitative estimate of drug-likeness (QED) is 0.795. The van der Waals surface area contributed by atoms with E-state index in [-0.39, 0.29) is 12.8 Å². The minimum atomic E-state index is -0.625. The molecule has 0 unspecified atom stereocenters. The molecule has 2 amide bonds. The van der Waals surface area contributed by atoms with Gasteiger partial charge in [-0.1, -0.05) is 6.07 Å². The first-order valence-electron chi connectivity index (χ1n) is 5.89. The zero-order chi connectivity index (χ0) is 13.8. The van der Waals surface area contributed by atoms with E-state index in [2.05, 4.69) is 5.32 Å². The van der Waals surface area contributed by atoms with Crippen molar-refractivity contribution in [1.29, 1.82) is 0 Å². The van der Waals surface area contributed by atoms with Gasteiger partial charge in [-0.3, -0.25) is 9.59 Å². The molecule has 6 nitrogen and oxygen atoms in total. The Bertz CT molecular complexity index is 470. The number of thiophene rings is 1. The zero-order valence-electron chi connectivity index (χ0n) is 10.4. The van der Waals surface area contributed by atoms with Gasteiger partial charge >= 0.3 is 5.97 Å². The molecule has 2 rings (SSSR count). The minimum absolute atomic E-state index is 0.0985. The van der Waals surface area contributed by atoms with Gasteiger partial charge in [-0.2, -0.15) is 0 Å². The van der Waals surface area contributed by atoms with Gasteiger partial charge in [0.1, 0.15) is 6.04 Å². The van der Waals surface area contributed by atoms with Crippen molar-refractivity contribution in [3.63, 3.8) is 0 Å². The highest BCUT2D eigenvalue weighted by Gasteiger charge is 2.34. The maximum Gasteiger partial charge on any atom is 0.350 e. The fourth-order valence-corrected chi connectivity index (χ4v) is 2.50. The molecule has 0 spiro atoms. The smallest absolute Gasteiger partial charge is 0.329 e. The predicted molar refractivity (Wildman–Crippen MR) is 68.0 cm³/mol. The molecule has 0 radical (unpaired) electrons. The Morgan fingerprint density at radius 2 is 2.16 bits per heavy atom. The molecule has 1 aliphatic heterocycles. The van der Waals surface area contributed by atoms with Crippen LogP contribution in [-0.4, -0.2) is 35.9 Å². The van der Waals surface area contributed by atoms with Crippen LogP contribution in [0.2, 0.25) is 0 Å². The summed E-state index contributed by atoms with van der Waals surface area (Å²) in [5.74, 6) is -1.56. The summed E-state index contributed by atoms with van der Waals surface area (Å²) in [4.78, 5) is 40.5. The summed E-state index contributed by atoms with van der Waals surface area (Å²) in [6, 6.07) is 3.22. The number of hydrogen-bond donors (Lipinski definition) is 1. The third-order valence-corrected chi connectivity index (χ3v) is 3.70. The largest absolute Gasteiger partial charge is 0.350 e. The lowest BCUT2D eigenvalue weighted by Crippen LogP contribution is -2.42. The van der Waals surface area contributed by atoms with Gasteiger partial charge in [-0.05, 0) is 18.5 Å². The molecule has 1 atom stereocenters. The number of nitrogens with zero attached hydrogens (tertiary/aromatic N) is 1. The fraction of sp³-hybridized carbons (Fsp3) is 0.417. The van der Waals surface area contributed by atoms with Gasteiger partial charge in [0, 0.05) is 24.1 Å². The molecule has 1 N–H and O–H groups in total. The van der Waals surface area contributed by atoms with E-state index >= 15 is 0 Å². The molecule has 1 aliphatic rings. The second-order valence-electron chi connectivity index (χ2n) is 4.12. The molecule has 0 saturated carbocycles. The van der Waals surface area contributed by atoms with Crippen LogP contribution in [-0.2, 0) is 25.6 Å². The van der Waals surface area contributed by atoms with E-state index in [4.69, 9.17) is 4.84 Å². The number of hydroxylamine groups is 2. The molecule has 2 heterocycles. The highest BCUT2D eigenvalue weighted by atomic mass is 32.1. The van der Waals surface area contributed by atoms with Gasteiger partial charge < -0.3 is 10.2 Å². The molecule has 102 valence electrons. The Morgan fingerprint density at radius 1 is 1.47 bits per heavy atom. The van der Waals surface area contributed by atoms with Crippen LogP contribution in [0, 0.1) is 0 Å². The molecule has 7 heteroatoms. The van der Waals surface area contributed by atoms with Crippen molar-refractivity contribution in [3.05, 3.63) is 22.4 Å². The van der Waals surface area contributed by atoms with Gasteiger partial charge in [-0.15, -0.1) is 16.4 Å². The number of carbonyl (C=O) groups excluding carboxylic acids is 3. The SMILES string of the molecule is CN[C@@H](Cc1cccs1)C(=O)ON1C(=O)CCC1=O. The fourth-order valence-electron chi connectivity index (χ4n) is 1.74. The number of likely N-dealkylation sites (N-methyl/N-ethyl adjacent to an activating group) is 1. The van der Waals surface area contributed by atoms with Crippen LogP contribution in [0.4, 0.5) is 0 Å². The number of rotatable bonds is 5. The van der Waals surface area contributed by atoms with Crippen molar-refractivity contribution in [2.75, 3.05) is 7.05 Å². The normalized spacial score (nSPS) is 16.8. The van der Waals surface area contributed by atoms with Gasteiger partial charge in [0.2, 0.25) is 0 Å². The monoisotopic (exact) mass is 282 g/mol. The second-order valence-corrected chi connectivity index (χ2v) is 5.15. The van der Waals surface area contributed by atoms with E-state index in [0.717, 1.165) is 4.88 Å². The number of hydrogen-bond acceptors (Lipinski definition) is 6. The highest BCUT2D eigenvalue weighted by Crippen LogP contribution is 2.15. The summed E-state index contributed by atoms with van der Waals surface area (Å²) in [5, 5.41) is 5.31. The summed E-state index contributed by atoms with van der Waals surface area (Å²) in [7, 11) is 1.63. The van der Waals surface area contributed by atoms with Crippen molar-refractivity contribution < 1.29 is 19.2 Å². The van der Waals surface area contributed by atoms with Gasteiger partial charge in [-0.25, -0.2) is 4.79 Å². The van der Waals surface area contributed by atoms with Crippen LogP contribution in [0.5, 0.6) is 0 Å². The van der Waals surface area contributed by atoms with E-state index in [1.54, 1.807) is 7.05 Å². The molecule has 1 aromatic rings. The first-order valence-corrected chi connectivity index (χ1v) is 6.77. The number of amides is 2. The highest BCUT2D eigenvalue weighted by molar-refractivity contribution is 7.09. The average Bonchev–Trinajstić information content (AvgIpc) is 3.00. The molecule has 0 aromatic carbocycles. The first-order chi connectivity index (χ1) is 9.11. The van der Waals surface area contributed by atoms with Gasteiger partial charge in [0.25, 0.3) is 11.8 Å². The third kappa shape index (κ3) is 3.18. The van der Waals surface area contributed by atoms with Crippen LogP contribution in [0.3, 0.4) is 0 Å². The van der Waals surface area contributed by atoms with E-state index in [1.165, 1.54) is 11.3 Å². The predicted octanol–water partition coefficient (Wildman–Crippen LogP) is 0.486. The topological polar surface area (TPSA) is 75.7 Å². The van der Waals surface area contributed by atoms with Crippen LogP contribution in [0.15, 0.2) is 17.5 Å². The standard InChI is InChI=1S/C12H14N2O4S/c1-13-9(7-8-3-2-6-19-8)12(17)18-14-10(15)4-5-11(14)16/h2-3,6,9,13H,4-5,7H2,1H3/t9-/m0/s1. The molecular weight excluding hydrogens is 268 g/mol. The summed E-state index contributed by atoms with van der Waals surface area (Å²) < 4.78 is 0. The molecule has 1 fully saturated rings. The molecule has 19 heavy (non-hydrogen) atoms. The van der Waals surface area contributed by atoms with E-state index in [0.29, 0.717) is 11.5 Å². The van der Waals surface area contributed by atoms with E-state index in [9.17, 15) is 14.4 Å². The Labute approximate surface area is 114 Å². The van der Waals surface area contributed by atoms with Crippen molar-refractivity contribution in [1.82, 2.24) is 10.4 Å². The third-order valence-electron chi connectivity index (χ3n) is 2.81. The zero-order valence-corrected chi connectivity index (χ0v) is 11.2. The molecule has 0 aliphatic carbocycles. The number of nitrogens with one attached hydrogen (secondary N) is 1. The number of imide groups is 1. The van der Waals surface area contributed by atoms with Crippen molar-refractivity contribution in [2.45, 2.75) is 25.3 Å². The number of carbonyl (C=O) groups is 3. The average molecular weight is 282 g/mol. The van der Waals surface area contributed by atoms with Crippen LogP contribution >= 0.6 is 11.3 Å². The lowest BCUT2D eigenvalue weighted by Gasteiger charge is -2.18. The minimum Gasteiger partial charge on any atom is -0.329 e. The molecule has 0 bridgehead atoms. The van der Waals surface area contributed by atoms with Gasteiger partial charge in [0.15, 0.2) is 0 Å². The Balaban J connectivity index is 1.97.